The van der Waals surface area contributed by atoms with E-state index >= 15 is 0 Å². The quantitative estimate of drug-likeness (QED) is 0.908. The maximum absolute atomic E-state index is 13.5. The van der Waals surface area contributed by atoms with E-state index in [1.165, 1.54) is 12.1 Å². The number of amides is 2. The van der Waals surface area contributed by atoms with Gasteiger partial charge in [-0.25, -0.2) is 9.18 Å². The van der Waals surface area contributed by atoms with Gasteiger partial charge in [-0.3, -0.25) is 4.90 Å². The van der Waals surface area contributed by atoms with Crippen molar-refractivity contribution in [1.82, 2.24) is 9.80 Å². The van der Waals surface area contributed by atoms with E-state index < -0.39 is 0 Å². The summed E-state index contributed by atoms with van der Waals surface area (Å²) in [7, 11) is 0. The average molecular weight is 349 g/mol. The lowest BCUT2D eigenvalue weighted by molar-refractivity contribution is 0.0329. The number of nitrogens with one attached hydrogen (secondary N) is 1. The minimum Gasteiger partial charge on any atom is -0.379 e. The summed E-state index contributed by atoms with van der Waals surface area (Å²) < 4.78 is 18.9. The van der Waals surface area contributed by atoms with Crippen LogP contribution in [0.1, 0.15) is 31.2 Å². The summed E-state index contributed by atoms with van der Waals surface area (Å²) in [4.78, 5) is 17.1. The van der Waals surface area contributed by atoms with Crippen LogP contribution in [0, 0.1) is 12.7 Å². The molecule has 5 nitrogen and oxygen atoms in total. The lowest BCUT2D eigenvalue weighted by Gasteiger charge is -2.37. The van der Waals surface area contributed by atoms with E-state index in [4.69, 9.17) is 4.74 Å². The molecule has 0 aliphatic carbocycles. The van der Waals surface area contributed by atoms with Crippen molar-refractivity contribution in [3.05, 3.63) is 29.6 Å². The van der Waals surface area contributed by atoms with Gasteiger partial charge in [0.1, 0.15) is 5.82 Å². The fraction of sp³-hybridized carbons (Fsp3) is 0.632. The molecule has 2 amide bonds. The van der Waals surface area contributed by atoms with E-state index in [1.54, 1.807) is 6.07 Å². The van der Waals surface area contributed by atoms with Crippen molar-refractivity contribution in [1.29, 1.82) is 0 Å². The van der Waals surface area contributed by atoms with Gasteiger partial charge in [-0.1, -0.05) is 6.07 Å². The predicted molar refractivity (Wildman–Crippen MR) is 96.4 cm³/mol. The van der Waals surface area contributed by atoms with Crippen LogP contribution in [0.15, 0.2) is 18.2 Å². The molecule has 1 atom stereocenters. The number of hydrogen-bond acceptors (Lipinski definition) is 3. The van der Waals surface area contributed by atoms with Crippen molar-refractivity contribution in [2.24, 2.45) is 0 Å². The topological polar surface area (TPSA) is 44.8 Å². The number of ether oxygens (including phenoxy) is 1. The van der Waals surface area contributed by atoms with Crippen molar-refractivity contribution in [3.63, 3.8) is 0 Å². The van der Waals surface area contributed by atoms with Gasteiger partial charge in [0.25, 0.3) is 0 Å². The highest BCUT2D eigenvalue weighted by Gasteiger charge is 2.27. The Kier molecular flexibility index (Phi) is 6.26. The number of benzene rings is 1. The SMILES string of the molecule is Cc1ccc(F)cc1NC(=O)N1CCCC[C@H]1CCN1CCOCC1. The van der Waals surface area contributed by atoms with Gasteiger partial charge in [0.05, 0.1) is 13.2 Å². The number of nitrogens with zero attached hydrogens (tertiary/aromatic N) is 2. The second-order valence-corrected chi connectivity index (χ2v) is 6.98. The molecular formula is C19H28FN3O2. The first kappa shape index (κ1) is 18.1. The number of carbonyl (C=O) groups is 1. The van der Waals surface area contributed by atoms with Gasteiger partial charge in [0, 0.05) is 37.9 Å². The molecule has 138 valence electrons. The zero-order valence-corrected chi connectivity index (χ0v) is 15.0. The Balaban J connectivity index is 1.59. The molecule has 0 unspecified atom stereocenters. The van der Waals surface area contributed by atoms with E-state index in [2.05, 4.69) is 10.2 Å². The summed E-state index contributed by atoms with van der Waals surface area (Å²) in [5.74, 6) is -0.330. The van der Waals surface area contributed by atoms with Gasteiger partial charge < -0.3 is 15.0 Å². The van der Waals surface area contributed by atoms with Crippen molar-refractivity contribution >= 4 is 11.7 Å². The summed E-state index contributed by atoms with van der Waals surface area (Å²) in [6.07, 6.45) is 4.22. The molecule has 2 saturated heterocycles. The molecule has 0 spiro atoms. The lowest BCUT2D eigenvalue weighted by Crippen LogP contribution is -2.48. The maximum atomic E-state index is 13.5. The molecule has 6 heteroatoms. The van der Waals surface area contributed by atoms with Gasteiger partial charge >= 0.3 is 6.03 Å². The highest BCUT2D eigenvalue weighted by atomic mass is 19.1. The summed E-state index contributed by atoms with van der Waals surface area (Å²) in [6.45, 7) is 7.19. The first-order valence-electron chi connectivity index (χ1n) is 9.27. The van der Waals surface area contributed by atoms with Gasteiger partial charge in [-0.05, 0) is 50.3 Å². The number of urea groups is 1. The number of rotatable bonds is 4. The van der Waals surface area contributed by atoms with Crippen LogP contribution in [-0.2, 0) is 4.74 Å². The third kappa shape index (κ3) is 4.92. The van der Waals surface area contributed by atoms with E-state index in [0.717, 1.165) is 70.6 Å². The van der Waals surface area contributed by atoms with Crippen molar-refractivity contribution in [2.75, 3.05) is 44.7 Å². The largest absolute Gasteiger partial charge is 0.379 e. The number of halogens is 1. The second kappa shape index (κ2) is 8.63. The lowest BCUT2D eigenvalue weighted by atomic mass is 9.99. The average Bonchev–Trinajstić information content (AvgIpc) is 2.64. The Morgan fingerprint density at radius 1 is 1.28 bits per heavy atom. The second-order valence-electron chi connectivity index (χ2n) is 6.98. The fourth-order valence-corrected chi connectivity index (χ4v) is 3.64. The molecule has 2 heterocycles. The minimum absolute atomic E-state index is 0.111. The third-order valence-electron chi connectivity index (χ3n) is 5.21. The van der Waals surface area contributed by atoms with Crippen LogP contribution in [0.3, 0.4) is 0 Å². The molecule has 0 saturated carbocycles. The van der Waals surface area contributed by atoms with Crippen LogP contribution < -0.4 is 5.32 Å². The number of aryl methyl sites for hydroxylation is 1. The molecule has 1 aromatic rings. The first-order valence-corrected chi connectivity index (χ1v) is 9.27. The summed E-state index contributed by atoms with van der Waals surface area (Å²) in [5.41, 5.74) is 1.43. The van der Waals surface area contributed by atoms with E-state index in [0.29, 0.717) is 5.69 Å². The summed E-state index contributed by atoms with van der Waals surface area (Å²) in [5, 5.41) is 2.90. The fourth-order valence-electron chi connectivity index (χ4n) is 3.64. The molecule has 2 fully saturated rings. The van der Waals surface area contributed by atoms with Crippen LogP contribution in [-0.4, -0.2) is 61.3 Å². The van der Waals surface area contributed by atoms with Gasteiger partial charge in [0.2, 0.25) is 0 Å². The first-order chi connectivity index (χ1) is 12.1. The van der Waals surface area contributed by atoms with Gasteiger partial charge in [0.15, 0.2) is 0 Å². The highest BCUT2D eigenvalue weighted by molar-refractivity contribution is 5.90. The maximum Gasteiger partial charge on any atom is 0.322 e. The minimum atomic E-state index is -0.330. The zero-order chi connectivity index (χ0) is 17.6. The number of anilines is 1. The van der Waals surface area contributed by atoms with Gasteiger partial charge in [-0.2, -0.15) is 0 Å². The molecule has 3 rings (SSSR count). The van der Waals surface area contributed by atoms with Crippen LogP contribution in [0.25, 0.3) is 0 Å². The molecule has 2 aliphatic heterocycles. The van der Waals surface area contributed by atoms with Gasteiger partial charge in [-0.15, -0.1) is 0 Å². The predicted octanol–water partition coefficient (Wildman–Crippen LogP) is 3.24. The molecule has 1 N–H and O–H groups in total. The van der Waals surface area contributed by atoms with Crippen LogP contribution >= 0.6 is 0 Å². The molecule has 1 aromatic carbocycles. The summed E-state index contributed by atoms with van der Waals surface area (Å²) >= 11 is 0. The monoisotopic (exact) mass is 349 g/mol. The smallest absolute Gasteiger partial charge is 0.322 e. The van der Waals surface area contributed by atoms with Crippen LogP contribution in [0.5, 0.6) is 0 Å². The van der Waals surface area contributed by atoms with E-state index in [1.807, 2.05) is 11.8 Å². The van der Waals surface area contributed by atoms with Crippen molar-refractivity contribution in [2.45, 2.75) is 38.6 Å². The number of hydrogen-bond donors (Lipinski definition) is 1. The normalized spacial score (nSPS) is 22.0. The van der Waals surface area contributed by atoms with E-state index in [-0.39, 0.29) is 17.9 Å². The van der Waals surface area contributed by atoms with Crippen molar-refractivity contribution < 1.29 is 13.9 Å². The number of morpholine rings is 1. The van der Waals surface area contributed by atoms with Crippen LogP contribution in [0.4, 0.5) is 14.9 Å². The molecule has 0 bridgehead atoms. The summed E-state index contributed by atoms with van der Waals surface area (Å²) in [6, 6.07) is 4.64. The Hall–Kier alpha value is -1.66. The number of likely N-dealkylation sites (tertiary alicyclic amines) is 1. The Morgan fingerprint density at radius 3 is 2.88 bits per heavy atom. The molecule has 2 aliphatic rings. The number of piperidine rings is 1. The molecule has 25 heavy (non-hydrogen) atoms. The molecule has 0 radical (unpaired) electrons. The zero-order valence-electron chi connectivity index (χ0n) is 15.0. The third-order valence-corrected chi connectivity index (χ3v) is 5.21. The molecular weight excluding hydrogens is 321 g/mol. The Labute approximate surface area is 149 Å². The highest BCUT2D eigenvalue weighted by Crippen LogP contribution is 2.23. The van der Waals surface area contributed by atoms with E-state index in [9.17, 15) is 9.18 Å². The molecule has 0 aromatic heterocycles. The van der Waals surface area contributed by atoms with Crippen molar-refractivity contribution in [3.8, 4) is 0 Å². The Morgan fingerprint density at radius 2 is 2.08 bits per heavy atom. The van der Waals surface area contributed by atoms with Crippen LogP contribution in [0.2, 0.25) is 0 Å². The Bertz CT molecular complexity index is 590. The number of carbonyl (C=O) groups excluding carboxylic acids is 1. The standard InChI is InChI=1S/C19H28FN3O2/c1-15-5-6-16(20)14-18(15)21-19(24)23-8-3-2-4-17(23)7-9-22-10-12-25-13-11-22/h5-6,14,17H,2-4,7-13H2,1H3,(H,21,24)/t17-/m0/s1.